The van der Waals surface area contributed by atoms with E-state index in [-0.39, 0.29) is 0 Å². The fourth-order valence-electron chi connectivity index (χ4n) is 0.0698. The van der Waals surface area contributed by atoms with Crippen LogP contribution in [0.3, 0.4) is 0 Å². The van der Waals surface area contributed by atoms with Crippen molar-refractivity contribution in [2.75, 3.05) is 0 Å². The van der Waals surface area contributed by atoms with Gasteiger partial charge in [0.1, 0.15) is 5.28 Å². The Balaban J connectivity index is 3.18. The lowest BCUT2D eigenvalue weighted by Gasteiger charge is -1.85. The van der Waals surface area contributed by atoms with Crippen molar-refractivity contribution in [3.8, 4) is 0 Å². The van der Waals surface area contributed by atoms with Gasteiger partial charge in [0.05, 0.1) is 0 Å². The summed E-state index contributed by atoms with van der Waals surface area (Å²) in [4.78, 5) is 14.8. The maximum Gasteiger partial charge on any atom is 0.194 e. The standard InChI is InChI=1S/HN5O3/c1-2-3-8-4-5(6)7/h4H. The van der Waals surface area contributed by atoms with Gasteiger partial charge in [-0.1, -0.05) is 0 Å². The molecule has 0 radical (unpaired) electrons. The van der Waals surface area contributed by atoms with Gasteiger partial charge in [-0.05, 0) is 5.53 Å². The summed E-state index contributed by atoms with van der Waals surface area (Å²) in [5, 5.41) is 10.6. The zero-order valence-electron chi connectivity index (χ0n) is 3.51. The fourth-order valence-corrected chi connectivity index (χ4v) is 0.0698. The first-order valence-corrected chi connectivity index (χ1v) is 1.38. The Morgan fingerprint density at radius 2 is 2.62 bits per heavy atom. The first-order chi connectivity index (χ1) is 3.77. The van der Waals surface area contributed by atoms with Crippen LogP contribution >= 0.6 is 0 Å². The van der Waals surface area contributed by atoms with Crippen LogP contribution in [-0.4, -0.2) is 5.03 Å². The van der Waals surface area contributed by atoms with Crippen molar-refractivity contribution in [1.82, 2.24) is 5.59 Å². The van der Waals surface area contributed by atoms with Gasteiger partial charge in [0.2, 0.25) is 0 Å². The van der Waals surface area contributed by atoms with Crippen LogP contribution in [0.25, 0.3) is 10.4 Å². The summed E-state index contributed by atoms with van der Waals surface area (Å²) in [6.45, 7) is 0. The van der Waals surface area contributed by atoms with Gasteiger partial charge in [-0.3, -0.25) is 4.94 Å². The van der Waals surface area contributed by atoms with Crippen LogP contribution in [0.4, 0.5) is 0 Å². The molecule has 8 heavy (non-hydrogen) atoms. The number of nitrogens with zero attached hydrogens (tertiary/aromatic N) is 4. The molecule has 0 aliphatic rings. The highest BCUT2D eigenvalue weighted by atomic mass is 16.9. The van der Waals surface area contributed by atoms with Crippen molar-refractivity contribution in [3.63, 3.8) is 0 Å². The van der Waals surface area contributed by atoms with Crippen molar-refractivity contribution < 1.29 is 9.97 Å². The van der Waals surface area contributed by atoms with Crippen molar-refractivity contribution >= 4 is 0 Å². The largest absolute Gasteiger partial charge is 0.251 e. The van der Waals surface area contributed by atoms with E-state index >= 15 is 0 Å². The third-order valence-corrected chi connectivity index (χ3v) is 0.193. The van der Waals surface area contributed by atoms with Crippen molar-refractivity contribution in [2.24, 2.45) is 5.28 Å². The zero-order valence-corrected chi connectivity index (χ0v) is 3.51. The van der Waals surface area contributed by atoms with E-state index in [2.05, 4.69) is 10.2 Å². The minimum absolute atomic E-state index is 1.01. The molecule has 0 fully saturated rings. The number of nitro groups is 1. The summed E-state index contributed by atoms with van der Waals surface area (Å²) in [5.41, 5.74) is 8.60. The molecule has 0 aromatic rings. The van der Waals surface area contributed by atoms with E-state index in [1.807, 2.05) is 4.91 Å². The summed E-state index contributed by atoms with van der Waals surface area (Å²) in [6, 6.07) is 0. The second-order valence-electron chi connectivity index (χ2n) is 0.611. The molecule has 0 heterocycles. The molecule has 8 nitrogen and oxygen atoms in total. The Kier molecular flexibility index (Phi) is 2.76. The molecule has 44 valence electrons. The van der Waals surface area contributed by atoms with E-state index in [0.29, 0.717) is 0 Å². The monoisotopic (exact) mass is 119 g/mol. The Bertz CT molecular complexity index is 120. The Hall–Kier alpha value is -1.69. The summed E-state index contributed by atoms with van der Waals surface area (Å²) in [7, 11) is 0. The van der Waals surface area contributed by atoms with Crippen LogP contribution in [0.2, 0.25) is 0 Å². The van der Waals surface area contributed by atoms with Crippen molar-refractivity contribution in [3.05, 3.63) is 20.6 Å². The molecule has 0 spiro atoms. The van der Waals surface area contributed by atoms with Gasteiger partial charge >= 0.3 is 0 Å². The number of hydrogen-bond acceptors (Lipinski definition) is 4. The molecule has 0 aromatic carbocycles. The first-order valence-electron chi connectivity index (χ1n) is 1.38. The molecular weight excluding hydrogens is 118 g/mol. The molecule has 0 aliphatic heterocycles. The molecule has 0 aliphatic carbocycles. The van der Waals surface area contributed by atoms with E-state index in [0.717, 1.165) is 5.59 Å². The van der Waals surface area contributed by atoms with Gasteiger partial charge in [0.15, 0.2) is 5.03 Å². The van der Waals surface area contributed by atoms with E-state index in [4.69, 9.17) is 5.53 Å². The maximum absolute atomic E-state index is 9.26. The molecule has 0 unspecified atom stereocenters. The lowest BCUT2D eigenvalue weighted by molar-refractivity contribution is -0.607. The second-order valence-corrected chi connectivity index (χ2v) is 0.611. The average Bonchev–Trinajstić information content (AvgIpc) is 1.66. The molecule has 0 saturated carbocycles. The first kappa shape index (κ1) is 6.31. The summed E-state index contributed by atoms with van der Waals surface area (Å²) in [5.74, 6) is 0. The minimum Gasteiger partial charge on any atom is -0.251 e. The van der Waals surface area contributed by atoms with Gasteiger partial charge in [-0.25, -0.2) is 10.1 Å². The predicted octanol–water partition coefficient (Wildman–Crippen LogP) is -0.0754. The van der Waals surface area contributed by atoms with Crippen LogP contribution in [0.1, 0.15) is 0 Å². The fraction of sp³-hybridized carbons (Fsp3) is 0. The second kappa shape index (κ2) is 3.50. The number of rotatable bonds is 3. The molecule has 0 saturated heterocycles. The van der Waals surface area contributed by atoms with E-state index in [9.17, 15) is 10.1 Å². The Morgan fingerprint density at radius 1 is 2.00 bits per heavy atom. The van der Waals surface area contributed by atoms with Crippen LogP contribution in [0.15, 0.2) is 5.28 Å². The predicted molar refractivity (Wildman–Crippen MR) is 20.4 cm³/mol. The van der Waals surface area contributed by atoms with Gasteiger partial charge in [-0.2, -0.15) is 0 Å². The quantitative estimate of drug-likeness (QED) is 0.184. The number of azide groups is 1. The SMILES string of the molecule is [N-]=[N+]=NON[N+](=O)[O-]. The third kappa shape index (κ3) is 4.31. The topological polar surface area (TPSA) is 113 Å². The Morgan fingerprint density at radius 3 is 3.00 bits per heavy atom. The van der Waals surface area contributed by atoms with Gasteiger partial charge in [0, 0.05) is 10.5 Å². The van der Waals surface area contributed by atoms with Gasteiger partial charge < -0.3 is 0 Å². The molecule has 0 amide bonds. The molecule has 8 heteroatoms. The third-order valence-electron chi connectivity index (χ3n) is 0.193. The zero-order chi connectivity index (χ0) is 6.41. The van der Waals surface area contributed by atoms with E-state index < -0.39 is 5.03 Å². The van der Waals surface area contributed by atoms with Gasteiger partial charge in [-0.15, -0.1) is 0 Å². The van der Waals surface area contributed by atoms with Crippen LogP contribution < -0.4 is 5.59 Å². The van der Waals surface area contributed by atoms with Crippen LogP contribution in [0, 0.1) is 10.1 Å². The lowest BCUT2D eigenvalue weighted by atomic mass is 12.6. The maximum atomic E-state index is 9.26. The highest BCUT2D eigenvalue weighted by Gasteiger charge is 1.85. The number of hydrogen-bond donors (Lipinski definition) is 1. The average molecular weight is 119 g/mol. The number of hydrazine groups is 1. The molecule has 0 rings (SSSR count). The molecule has 1 N–H and O–H groups in total. The molecular formula is HN5O3. The van der Waals surface area contributed by atoms with Crippen LogP contribution in [0.5, 0.6) is 0 Å². The minimum atomic E-state index is -1.01. The summed E-state index contributed by atoms with van der Waals surface area (Å²) >= 11 is 0. The summed E-state index contributed by atoms with van der Waals surface area (Å²) in [6.07, 6.45) is 0. The smallest absolute Gasteiger partial charge is 0.194 e. The van der Waals surface area contributed by atoms with Crippen molar-refractivity contribution in [2.45, 2.75) is 0 Å². The Labute approximate surface area is 42.7 Å². The van der Waals surface area contributed by atoms with Crippen molar-refractivity contribution in [1.29, 1.82) is 0 Å². The highest BCUT2D eigenvalue weighted by Crippen LogP contribution is 1.66. The van der Waals surface area contributed by atoms with E-state index in [1.165, 1.54) is 0 Å². The van der Waals surface area contributed by atoms with Gasteiger partial charge in [0.25, 0.3) is 0 Å². The van der Waals surface area contributed by atoms with E-state index in [1.54, 1.807) is 0 Å². The highest BCUT2D eigenvalue weighted by molar-refractivity contribution is 4.26. The molecule has 0 bridgehead atoms. The van der Waals surface area contributed by atoms with Crippen LogP contribution in [-0.2, 0) is 4.94 Å². The molecule has 0 atom stereocenters. The lowest BCUT2D eigenvalue weighted by Crippen LogP contribution is -2.18. The molecule has 0 aromatic heterocycles. The summed E-state index contributed by atoms with van der Waals surface area (Å²) < 4.78 is 0. The normalized spacial score (nSPS) is 6.50. The number of nitrogens with one attached hydrogen (secondary N) is 1.